The summed E-state index contributed by atoms with van der Waals surface area (Å²) in [5, 5.41) is 0. The molecule has 106 valence electrons. The zero-order valence-electron chi connectivity index (χ0n) is 11.8. The van der Waals surface area contributed by atoms with Gasteiger partial charge in [0.15, 0.2) is 0 Å². The van der Waals surface area contributed by atoms with Crippen molar-refractivity contribution in [1.82, 2.24) is 4.90 Å². The summed E-state index contributed by atoms with van der Waals surface area (Å²) in [6.07, 6.45) is 9.11. The maximum absolute atomic E-state index is 12.5. The van der Waals surface area contributed by atoms with Gasteiger partial charge in [0.05, 0.1) is 6.61 Å². The second kappa shape index (κ2) is 5.80. The standard InChI is InChI=1S/C17H21NO2/c19-16(10-9-15-7-3-1-4-8-15)18-13-14-20-17(18)11-5-2-6-12-17/h1,3-4,7-10H,2,5-6,11-14H2. The van der Waals surface area contributed by atoms with Crippen LogP contribution in [0.5, 0.6) is 0 Å². The Labute approximate surface area is 120 Å². The van der Waals surface area contributed by atoms with Crippen molar-refractivity contribution in [3.05, 3.63) is 42.0 Å². The molecule has 1 aliphatic carbocycles. The Kier molecular flexibility index (Phi) is 3.88. The van der Waals surface area contributed by atoms with Gasteiger partial charge in [-0.25, -0.2) is 0 Å². The van der Waals surface area contributed by atoms with Crippen LogP contribution in [0.3, 0.4) is 0 Å². The van der Waals surface area contributed by atoms with Crippen LogP contribution in [0, 0.1) is 0 Å². The Morgan fingerprint density at radius 3 is 2.65 bits per heavy atom. The number of amides is 1. The van der Waals surface area contributed by atoms with Crippen LogP contribution in [0.1, 0.15) is 37.7 Å². The van der Waals surface area contributed by atoms with Gasteiger partial charge in [-0.2, -0.15) is 0 Å². The maximum Gasteiger partial charge on any atom is 0.248 e. The molecule has 2 fully saturated rings. The Bertz CT molecular complexity index is 489. The van der Waals surface area contributed by atoms with Crippen molar-refractivity contribution in [1.29, 1.82) is 0 Å². The first kappa shape index (κ1) is 13.4. The normalized spacial score (nSPS) is 21.7. The molecule has 0 radical (unpaired) electrons. The summed E-state index contributed by atoms with van der Waals surface area (Å²) in [4.78, 5) is 14.4. The topological polar surface area (TPSA) is 29.5 Å². The smallest absolute Gasteiger partial charge is 0.248 e. The van der Waals surface area contributed by atoms with Crippen LogP contribution in [-0.2, 0) is 9.53 Å². The minimum atomic E-state index is -0.309. The molecule has 1 aromatic carbocycles. The lowest BCUT2D eigenvalue weighted by Gasteiger charge is -2.39. The zero-order valence-corrected chi connectivity index (χ0v) is 11.8. The van der Waals surface area contributed by atoms with E-state index in [2.05, 4.69) is 0 Å². The Morgan fingerprint density at radius 2 is 1.90 bits per heavy atom. The van der Waals surface area contributed by atoms with Gasteiger partial charge in [0.2, 0.25) is 5.91 Å². The van der Waals surface area contributed by atoms with E-state index in [0.717, 1.165) is 37.8 Å². The first-order valence-electron chi connectivity index (χ1n) is 7.49. The number of ether oxygens (including phenoxy) is 1. The van der Waals surface area contributed by atoms with Gasteiger partial charge in [0, 0.05) is 12.6 Å². The van der Waals surface area contributed by atoms with Crippen molar-refractivity contribution in [3.63, 3.8) is 0 Å². The molecular weight excluding hydrogens is 250 g/mol. The molecule has 1 saturated heterocycles. The van der Waals surface area contributed by atoms with Gasteiger partial charge >= 0.3 is 0 Å². The number of benzene rings is 1. The summed E-state index contributed by atoms with van der Waals surface area (Å²) in [6, 6.07) is 9.93. The molecule has 0 atom stereocenters. The number of nitrogens with zero attached hydrogens (tertiary/aromatic N) is 1. The highest BCUT2D eigenvalue weighted by atomic mass is 16.5. The van der Waals surface area contributed by atoms with Gasteiger partial charge in [-0.1, -0.05) is 36.8 Å². The lowest BCUT2D eigenvalue weighted by atomic mass is 9.90. The highest BCUT2D eigenvalue weighted by Crippen LogP contribution is 2.38. The molecule has 1 aliphatic heterocycles. The van der Waals surface area contributed by atoms with Crippen LogP contribution >= 0.6 is 0 Å². The maximum atomic E-state index is 12.5. The van der Waals surface area contributed by atoms with Crippen LogP contribution < -0.4 is 0 Å². The lowest BCUT2D eigenvalue weighted by Crippen LogP contribution is -2.48. The van der Waals surface area contributed by atoms with Crippen LogP contribution in [0.25, 0.3) is 6.08 Å². The Morgan fingerprint density at radius 1 is 1.15 bits per heavy atom. The van der Waals surface area contributed by atoms with E-state index in [1.165, 1.54) is 6.42 Å². The number of hydrogen-bond donors (Lipinski definition) is 0. The number of hydrogen-bond acceptors (Lipinski definition) is 2. The van der Waals surface area contributed by atoms with Crippen LogP contribution in [0.4, 0.5) is 0 Å². The van der Waals surface area contributed by atoms with E-state index in [1.807, 2.05) is 41.3 Å². The van der Waals surface area contributed by atoms with Gasteiger partial charge in [-0.05, 0) is 37.3 Å². The number of rotatable bonds is 2. The summed E-state index contributed by atoms with van der Waals surface area (Å²) < 4.78 is 5.94. The van der Waals surface area contributed by atoms with Crippen molar-refractivity contribution in [3.8, 4) is 0 Å². The summed E-state index contributed by atoms with van der Waals surface area (Å²) >= 11 is 0. The van der Waals surface area contributed by atoms with E-state index in [-0.39, 0.29) is 11.6 Å². The zero-order chi connectivity index (χ0) is 13.8. The Hall–Kier alpha value is -1.61. The molecule has 1 spiro atoms. The average Bonchev–Trinajstić information content (AvgIpc) is 2.90. The van der Waals surface area contributed by atoms with Crippen molar-refractivity contribution in [2.75, 3.05) is 13.2 Å². The van der Waals surface area contributed by atoms with Gasteiger partial charge in [-0.3, -0.25) is 4.79 Å². The first-order chi connectivity index (χ1) is 9.80. The van der Waals surface area contributed by atoms with E-state index in [9.17, 15) is 4.79 Å². The molecule has 3 nitrogen and oxygen atoms in total. The van der Waals surface area contributed by atoms with E-state index >= 15 is 0 Å². The summed E-state index contributed by atoms with van der Waals surface area (Å²) in [7, 11) is 0. The quantitative estimate of drug-likeness (QED) is 0.773. The largest absolute Gasteiger partial charge is 0.354 e. The molecule has 0 N–H and O–H groups in total. The van der Waals surface area contributed by atoms with E-state index in [0.29, 0.717) is 6.61 Å². The van der Waals surface area contributed by atoms with Gasteiger partial charge in [0.25, 0.3) is 0 Å². The van der Waals surface area contributed by atoms with Crippen molar-refractivity contribution < 1.29 is 9.53 Å². The third-order valence-electron chi connectivity index (χ3n) is 4.30. The number of carbonyl (C=O) groups excluding carboxylic acids is 1. The summed E-state index contributed by atoms with van der Waals surface area (Å²) in [6.45, 7) is 1.39. The van der Waals surface area contributed by atoms with Crippen molar-refractivity contribution in [2.45, 2.75) is 37.8 Å². The lowest BCUT2D eigenvalue weighted by molar-refractivity contribution is -0.149. The SMILES string of the molecule is O=C(C=Cc1ccccc1)N1CCOC12CCCCC2. The number of carbonyl (C=O) groups is 1. The molecule has 1 amide bonds. The molecular formula is C17H21NO2. The fourth-order valence-electron chi connectivity index (χ4n) is 3.26. The molecule has 1 heterocycles. The van der Waals surface area contributed by atoms with Crippen LogP contribution in [0.15, 0.2) is 36.4 Å². The van der Waals surface area contributed by atoms with Gasteiger partial charge in [0.1, 0.15) is 5.72 Å². The third-order valence-corrected chi connectivity index (χ3v) is 4.30. The van der Waals surface area contributed by atoms with E-state index in [4.69, 9.17) is 4.74 Å². The van der Waals surface area contributed by atoms with Crippen molar-refractivity contribution in [2.24, 2.45) is 0 Å². The third kappa shape index (κ3) is 2.63. The van der Waals surface area contributed by atoms with Crippen LogP contribution in [0.2, 0.25) is 0 Å². The van der Waals surface area contributed by atoms with Gasteiger partial charge < -0.3 is 9.64 Å². The predicted octanol–water partition coefficient (Wildman–Crippen LogP) is 3.22. The minimum absolute atomic E-state index is 0.0771. The highest BCUT2D eigenvalue weighted by molar-refractivity contribution is 5.92. The molecule has 2 aliphatic rings. The van der Waals surface area contributed by atoms with E-state index < -0.39 is 0 Å². The van der Waals surface area contributed by atoms with Crippen molar-refractivity contribution >= 4 is 12.0 Å². The Balaban J connectivity index is 1.71. The van der Waals surface area contributed by atoms with Gasteiger partial charge in [-0.15, -0.1) is 0 Å². The summed E-state index contributed by atoms with van der Waals surface area (Å²) in [5.41, 5.74) is 0.745. The molecule has 3 heteroatoms. The minimum Gasteiger partial charge on any atom is -0.354 e. The first-order valence-corrected chi connectivity index (χ1v) is 7.49. The monoisotopic (exact) mass is 271 g/mol. The molecule has 3 rings (SSSR count). The van der Waals surface area contributed by atoms with E-state index in [1.54, 1.807) is 6.08 Å². The molecule has 1 saturated carbocycles. The average molecular weight is 271 g/mol. The fourth-order valence-corrected chi connectivity index (χ4v) is 3.26. The molecule has 0 aromatic heterocycles. The molecule has 1 aromatic rings. The molecule has 0 bridgehead atoms. The molecule has 20 heavy (non-hydrogen) atoms. The predicted molar refractivity (Wildman–Crippen MR) is 79.0 cm³/mol. The highest BCUT2D eigenvalue weighted by Gasteiger charge is 2.44. The molecule has 0 unspecified atom stereocenters. The van der Waals surface area contributed by atoms with Crippen LogP contribution in [-0.4, -0.2) is 29.7 Å². The summed E-state index contributed by atoms with van der Waals surface area (Å²) in [5.74, 6) is 0.0771. The second-order valence-corrected chi connectivity index (χ2v) is 5.59. The fraction of sp³-hybridized carbons (Fsp3) is 0.471. The second-order valence-electron chi connectivity index (χ2n) is 5.59.